The van der Waals surface area contributed by atoms with E-state index in [0.29, 0.717) is 0 Å². The van der Waals surface area contributed by atoms with Crippen LogP contribution in [0.3, 0.4) is 0 Å². The summed E-state index contributed by atoms with van der Waals surface area (Å²) in [6.45, 7) is 5.94. The highest BCUT2D eigenvalue weighted by atomic mass is 32.2. The van der Waals surface area contributed by atoms with Crippen molar-refractivity contribution in [3.63, 3.8) is 0 Å². The van der Waals surface area contributed by atoms with Gasteiger partial charge in [-0.1, -0.05) is 12.1 Å². The van der Waals surface area contributed by atoms with Gasteiger partial charge in [-0.15, -0.1) is 11.8 Å². The molecular formula is C12H17NOS. The first kappa shape index (κ1) is 12.1. The van der Waals surface area contributed by atoms with Crippen molar-refractivity contribution >= 4 is 17.7 Å². The molecule has 0 aliphatic heterocycles. The Morgan fingerprint density at radius 2 is 1.87 bits per heavy atom. The molecule has 0 saturated carbocycles. The average molecular weight is 223 g/mol. The first-order valence-corrected chi connectivity index (χ1v) is 6.12. The third-order valence-corrected chi connectivity index (χ3v) is 2.64. The standard InChI is InChI=1S/C12H17NOS/c1-12(2,3)13-11(14)9-7-5-6-8-10(9)15-4/h5-8H,1-4H3,(H,13,14). The SMILES string of the molecule is CSc1ccccc1C(=O)NC(C)(C)C. The van der Waals surface area contributed by atoms with Crippen LogP contribution < -0.4 is 5.32 Å². The maximum absolute atomic E-state index is 11.9. The van der Waals surface area contributed by atoms with Gasteiger partial charge in [0.2, 0.25) is 0 Å². The van der Waals surface area contributed by atoms with Gasteiger partial charge in [0.1, 0.15) is 0 Å². The van der Waals surface area contributed by atoms with Gasteiger partial charge in [0.15, 0.2) is 0 Å². The van der Waals surface area contributed by atoms with Gasteiger partial charge in [-0.05, 0) is 39.2 Å². The van der Waals surface area contributed by atoms with E-state index in [1.54, 1.807) is 11.8 Å². The Hall–Kier alpha value is -0.960. The van der Waals surface area contributed by atoms with Gasteiger partial charge in [0.25, 0.3) is 5.91 Å². The zero-order valence-electron chi connectivity index (χ0n) is 9.63. The van der Waals surface area contributed by atoms with Gasteiger partial charge in [0.05, 0.1) is 5.56 Å². The Bertz CT molecular complexity index is 355. The maximum atomic E-state index is 11.9. The Balaban J connectivity index is 2.91. The summed E-state index contributed by atoms with van der Waals surface area (Å²) in [6, 6.07) is 7.64. The van der Waals surface area contributed by atoms with E-state index in [1.807, 2.05) is 51.3 Å². The van der Waals surface area contributed by atoms with Gasteiger partial charge in [-0.2, -0.15) is 0 Å². The number of rotatable bonds is 2. The second kappa shape index (κ2) is 4.71. The monoisotopic (exact) mass is 223 g/mol. The van der Waals surface area contributed by atoms with Crippen LogP contribution in [0.4, 0.5) is 0 Å². The van der Waals surface area contributed by atoms with Gasteiger partial charge in [-0.25, -0.2) is 0 Å². The van der Waals surface area contributed by atoms with Crippen LogP contribution in [0.25, 0.3) is 0 Å². The summed E-state index contributed by atoms with van der Waals surface area (Å²) in [7, 11) is 0. The quantitative estimate of drug-likeness (QED) is 0.781. The Kier molecular flexibility index (Phi) is 3.80. The van der Waals surface area contributed by atoms with E-state index in [9.17, 15) is 4.79 Å². The largest absolute Gasteiger partial charge is 0.347 e. The molecule has 0 atom stereocenters. The molecule has 3 heteroatoms. The molecule has 0 bridgehead atoms. The number of hydrogen-bond donors (Lipinski definition) is 1. The van der Waals surface area contributed by atoms with E-state index in [4.69, 9.17) is 0 Å². The highest BCUT2D eigenvalue weighted by Crippen LogP contribution is 2.20. The van der Waals surface area contributed by atoms with Crippen molar-refractivity contribution < 1.29 is 4.79 Å². The van der Waals surface area contributed by atoms with Crippen LogP contribution in [0.2, 0.25) is 0 Å². The van der Waals surface area contributed by atoms with Crippen molar-refractivity contribution in [2.45, 2.75) is 31.2 Å². The van der Waals surface area contributed by atoms with E-state index in [0.717, 1.165) is 10.5 Å². The molecule has 0 fully saturated rings. The Labute approximate surface area is 95.5 Å². The first-order valence-electron chi connectivity index (χ1n) is 4.89. The lowest BCUT2D eigenvalue weighted by Crippen LogP contribution is -2.40. The van der Waals surface area contributed by atoms with Crippen molar-refractivity contribution in [1.29, 1.82) is 0 Å². The summed E-state index contributed by atoms with van der Waals surface area (Å²) in [5, 5.41) is 2.96. The Morgan fingerprint density at radius 3 is 2.40 bits per heavy atom. The minimum Gasteiger partial charge on any atom is -0.347 e. The summed E-state index contributed by atoms with van der Waals surface area (Å²) >= 11 is 1.59. The molecule has 1 rings (SSSR count). The Morgan fingerprint density at radius 1 is 1.27 bits per heavy atom. The summed E-state index contributed by atoms with van der Waals surface area (Å²) in [6.07, 6.45) is 1.98. The average Bonchev–Trinajstić information content (AvgIpc) is 2.15. The van der Waals surface area contributed by atoms with Crippen LogP contribution in [0.1, 0.15) is 31.1 Å². The fraction of sp³-hybridized carbons (Fsp3) is 0.417. The molecule has 82 valence electrons. The lowest BCUT2D eigenvalue weighted by atomic mass is 10.1. The molecule has 0 aliphatic carbocycles. The number of nitrogens with one attached hydrogen (secondary N) is 1. The normalized spacial score (nSPS) is 11.2. The van der Waals surface area contributed by atoms with Crippen LogP contribution in [0.15, 0.2) is 29.2 Å². The van der Waals surface area contributed by atoms with E-state index < -0.39 is 0 Å². The second-order valence-corrected chi connectivity index (χ2v) is 5.25. The second-order valence-electron chi connectivity index (χ2n) is 4.40. The van der Waals surface area contributed by atoms with E-state index in [2.05, 4.69) is 5.32 Å². The van der Waals surface area contributed by atoms with Crippen LogP contribution in [-0.4, -0.2) is 17.7 Å². The van der Waals surface area contributed by atoms with Gasteiger partial charge < -0.3 is 5.32 Å². The van der Waals surface area contributed by atoms with Gasteiger partial charge in [-0.3, -0.25) is 4.79 Å². The third kappa shape index (κ3) is 3.59. The smallest absolute Gasteiger partial charge is 0.252 e. The van der Waals surface area contributed by atoms with Crippen molar-refractivity contribution in [3.05, 3.63) is 29.8 Å². The number of amides is 1. The van der Waals surface area contributed by atoms with Crippen molar-refractivity contribution in [2.75, 3.05) is 6.26 Å². The van der Waals surface area contributed by atoms with Crippen LogP contribution in [0, 0.1) is 0 Å². The number of benzene rings is 1. The molecule has 0 aromatic heterocycles. The van der Waals surface area contributed by atoms with E-state index in [1.165, 1.54) is 0 Å². The van der Waals surface area contributed by atoms with Crippen molar-refractivity contribution in [2.24, 2.45) is 0 Å². The molecule has 1 amide bonds. The maximum Gasteiger partial charge on any atom is 0.252 e. The fourth-order valence-electron chi connectivity index (χ4n) is 1.24. The van der Waals surface area contributed by atoms with Gasteiger partial charge in [0, 0.05) is 10.4 Å². The first-order chi connectivity index (χ1) is 6.94. The molecule has 1 N–H and O–H groups in total. The topological polar surface area (TPSA) is 29.1 Å². The molecule has 0 unspecified atom stereocenters. The third-order valence-electron chi connectivity index (χ3n) is 1.84. The highest BCUT2D eigenvalue weighted by Gasteiger charge is 2.16. The van der Waals surface area contributed by atoms with Crippen molar-refractivity contribution in [1.82, 2.24) is 5.32 Å². The zero-order valence-corrected chi connectivity index (χ0v) is 10.4. The lowest BCUT2D eigenvalue weighted by molar-refractivity contribution is 0.0916. The fourth-order valence-corrected chi connectivity index (χ4v) is 1.84. The van der Waals surface area contributed by atoms with Crippen LogP contribution >= 0.6 is 11.8 Å². The molecule has 0 radical (unpaired) electrons. The van der Waals surface area contributed by atoms with Gasteiger partial charge >= 0.3 is 0 Å². The molecule has 2 nitrogen and oxygen atoms in total. The molecule has 0 heterocycles. The molecule has 1 aromatic carbocycles. The summed E-state index contributed by atoms with van der Waals surface area (Å²) < 4.78 is 0. The molecule has 0 saturated heterocycles. The summed E-state index contributed by atoms with van der Waals surface area (Å²) in [4.78, 5) is 12.9. The summed E-state index contributed by atoms with van der Waals surface area (Å²) in [5.41, 5.74) is 0.558. The predicted octanol–water partition coefficient (Wildman–Crippen LogP) is 2.94. The number of thioether (sulfide) groups is 1. The molecule has 15 heavy (non-hydrogen) atoms. The molecule has 0 aliphatic rings. The van der Waals surface area contributed by atoms with Crippen LogP contribution in [0.5, 0.6) is 0 Å². The minimum absolute atomic E-state index is 0.00699. The molecular weight excluding hydrogens is 206 g/mol. The number of carbonyl (C=O) groups is 1. The lowest BCUT2D eigenvalue weighted by Gasteiger charge is -2.21. The zero-order chi connectivity index (χ0) is 11.5. The number of carbonyl (C=O) groups excluding carboxylic acids is 1. The van der Waals surface area contributed by atoms with E-state index >= 15 is 0 Å². The van der Waals surface area contributed by atoms with E-state index in [-0.39, 0.29) is 11.4 Å². The summed E-state index contributed by atoms with van der Waals surface area (Å²) in [5.74, 6) is -0.00699. The molecule has 1 aromatic rings. The van der Waals surface area contributed by atoms with Crippen LogP contribution in [-0.2, 0) is 0 Å². The minimum atomic E-state index is -0.192. The van der Waals surface area contributed by atoms with Crippen molar-refractivity contribution in [3.8, 4) is 0 Å². The predicted molar refractivity (Wildman–Crippen MR) is 65.4 cm³/mol. The highest BCUT2D eigenvalue weighted by molar-refractivity contribution is 7.98. The number of hydrogen-bond acceptors (Lipinski definition) is 2. The molecule has 0 spiro atoms.